The number of carbonyl (C=O) groups excluding carboxylic acids is 2. The van der Waals surface area contributed by atoms with Gasteiger partial charge in [-0.05, 0) is 41.0 Å². The summed E-state index contributed by atoms with van der Waals surface area (Å²) >= 11 is 3.37. The SMILES string of the molecule is COc1ccc(C2CC(c3ccccc3)=NN2C(=O)COC(=O)Cc2ccc(Br)cc2)cc1. The van der Waals surface area contributed by atoms with Crippen molar-refractivity contribution >= 4 is 33.5 Å². The highest BCUT2D eigenvalue weighted by atomic mass is 79.9. The lowest BCUT2D eigenvalue weighted by Gasteiger charge is -2.22. The Morgan fingerprint density at radius 2 is 1.70 bits per heavy atom. The van der Waals surface area contributed by atoms with Gasteiger partial charge in [-0.25, -0.2) is 5.01 Å². The first-order valence-corrected chi connectivity index (χ1v) is 11.3. The lowest BCUT2D eigenvalue weighted by Crippen LogP contribution is -2.31. The maximum absolute atomic E-state index is 13.0. The van der Waals surface area contributed by atoms with E-state index in [2.05, 4.69) is 21.0 Å². The second kappa shape index (κ2) is 10.4. The fraction of sp³-hybridized carbons (Fsp3) is 0.192. The van der Waals surface area contributed by atoms with Crippen molar-refractivity contribution in [2.75, 3.05) is 13.7 Å². The topological polar surface area (TPSA) is 68.2 Å². The van der Waals surface area contributed by atoms with Gasteiger partial charge in [-0.15, -0.1) is 0 Å². The summed E-state index contributed by atoms with van der Waals surface area (Å²) in [6.45, 7) is -0.367. The normalized spacial score (nSPS) is 15.2. The Morgan fingerprint density at radius 1 is 1.00 bits per heavy atom. The summed E-state index contributed by atoms with van der Waals surface area (Å²) in [5.74, 6) is -0.0928. The summed E-state index contributed by atoms with van der Waals surface area (Å²) in [5.41, 5.74) is 3.52. The first-order chi connectivity index (χ1) is 16.0. The number of amides is 1. The molecular formula is C26H23BrN2O4. The summed E-state index contributed by atoms with van der Waals surface area (Å²) in [6, 6.07) is 24.4. The fourth-order valence-electron chi connectivity index (χ4n) is 3.66. The number of carbonyl (C=O) groups is 2. The third-order valence-electron chi connectivity index (χ3n) is 5.39. The Hall–Kier alpha value is -3.45. The molecule has 1 heterocycles. The van der Waals surface area contributed by atoms with E-state index in [1.54, 1.807) is 7.11 Å². The van der Waals surface area contributed by atoms with Crippen LogP contribution in [0.5, 0.6) is 5.75 Å². The van der Waals surface area contributed by atoms with Crippen molar-refractivity contribution in [2.45, 2.75) is 18.9 Å². The molecular weight excluding hydrogens is 484 g/mol. The van der Waals surface area contributed by atoms with Crippen molar-refractivity contribution in [1.82, 2.24) is 5.01 Å². The van der Waals surface area contributed by atoms with Crippen molar-refractivity contribution in [3.63, 3.8) is 0 Å². The van der Waals surface area contributed by atoms with E-state index in [1.807, 2.05) is 78.9 Å². The zero-order chi connectivity index (χ0) is 23.2. The van der Waals surface area contributed by atoms with Crippen LogP contribution in [-0.4, -0.2) is 36.3 Å². The predicted octanol–water partition coefficient (Wildman–Crippen LogP) is 4.92. The summed E-state index contributed by atoms with van der Waals surface area (Å²) in [7, 11) is 1.61. The molecule has 3 aromatic carbocycles. The van der Waals surface area contributed by atoms with Gasteiger partial charge in [-0.3, -0.25) is 9.59 Å². The number of hydrazone groups is 1. The maximum atomic E-state index is 13.0. The Morgan fingerprint density at radius 3 is 2.36 bits per heavy atom. The van der Waals surface area contributed by atoms with Crippen LogP contribution in [0.2, 0.25) is 0 Å². The molecule has 7 heteroatoms. The van der Waals surface area contributed by atoms with Gasteiger partial charge in [0.15, 0.2) is 6.61 Å². The minimum atomic E-state index is -0.460. The number of rotatable bonds is 7. The van der Waals surface area contributed by atoms with E-state index in [0.717, 1.165) is 32.6 Å². The Bertz CT molecular complexity index is 1150. The Balaban J connectivity index is 1.48. The summed E-state index contributed by atoms with van der Waals surface area (Å²) < 4.78 is 11.5. The molecule has 168 valence electrons. The quantitative estimate of drug-likeness (QED) is 0.426. The minimum absolute atomic E-state index is 0.0982. The van der Waals surface area contributed by atoms with Gasteiger partial charge in [0.25, 0.3) is 5.91 Å². The van der Waals surface area contributed by atoms with Crippen LogP contribution in [-0.2, 0) is 20.7 Å². The van der Waals surface area contributed by atoms with Crippen molar-refractivity contribution in [3.05, 3.63) is 100 Å². The van der Waals surface area contributed by atoms with Crippen molar-refractivity contribution in [3.8, 4) is 5.75 Å². The molecule has 0 saturated heterocycles. The molecule has 1 aliphatic rings. The second-order valence-corrected chi connectivity index (χ2v) is 8.52. The molecule has 1 aliphatic heterocycles. The van der Waals surface area contributed by atoms with E-state index in [0.29, 0.717) is 6.42 Å². The average molecular weight is 507 g/mol. The molecule has 0 aromatic heterocycles. The van der Waals surface area contributed by atoms with E-state index >= 15 is 0 Å². The van der Waals surface area contributed by atoms with Gasteiger partial charge in [0.1, 0.15) is 5.75 Å². The van der Waals surface area contributed by atoms with E-state index in [4.69, 9.17) is 9.47 Å². The van der Waals surface area contributed by atoms with Gasteiger partial charge >= 0.3 is 5.97 Å². The monoisotopic (exact) mass is 506 g/mol. The van der Waals surface area contributed by atoms with Gasteiger partial charge in [-0.2, -0.15) is 5.10 Å². The van der Waals surface area contributed by atoms with Crippen LogP contribution in [0.1, 0.15) is 29.2 Å². The molecule has 0 bridgehead atoms. The first-order valence-electron chi connectivity index (χ1n) is 10.5. The molecule has 6 nitrogen and oxygen atoms in total. The highest BCUT2D eigenvalue weighted by Gasteiger charge is 2.33. The van der Waals surface area contributed by atoms with Gasteiger partial charge < -0.3 is 9.47 Å². The van der Waals surface area contributed by atoms with Crippen LogP contribution in [0.4, 0.5) is 0 Å². The first kappa shape index (κ1) is 22.7. The van der Waals surface area contributed by atoms with Gasteiger partial charge in [0, 0.05) is 10.9 Å². The Labute approximate surface area is 201 Å². The number of methoxy groups -OCH3 is 1. The maximum Gasteiger partial charge on any atom is 0.310 e. The number of ether oxygens (including phenoxy) is 2. The third-order valence-corrected chi connectivity index (χ3v) is 5.92. The minimum Gasteiger partial charge on any atom is -0.497 e. The van der Waals surface area contributed by atoms with Gasteiger partial charge in [-0.1, -0.05) is 70.5 Å². The Kier molecular flexibility index (Phi) is 7.19. The van der Waals surface area contributed by atoms with Crippen LogP contribution < -0.4 is 4.74 Å². The number of nitrogens with zero attached hydrogens (tertiary/aromatic N) is 2. The lowest BCUT2D eigenvalue weighted by atomic mass is 9.98. The van der Waals surface area contributed by atoms with E-state index in [1.165, 1.54) is 5.01 Å². The smallest absolute Gasteiger partial charge is 0.310 e. The summed E-state index contributed by atoms with van der Waals surface area (Å²) in [4.78, 5) is 25.3. The molecule has 1 atom stereocenters. The molecule has 3 aromatic rings. The third kappa shape index (κ3) is 5.68. The summed E-state index contributed by atoms with van der Waals surface area (Å²) in [6.07, 6.45) is 0.663. The molecule has 1 unspecified atom stereocenters. The molecule has 4 rings (SSSR count). The van der Waals surface area contributed by atoms with E-state index in [-0.39, 0.29) is 25.0 Å². The van der Waals surface area contributed by atoms with E-state index < -0.39 is 5.97 Å². The molecule has 1 amide bonds. The zero-order valence-electron chi connectivity index (χ0n) is 18.1. The molecule has 0 N–H and O–H groups in total. The van der Waals surface area contributed by atoms with Gasteiger partial charge in [0.05, 0.1) is 25.3 Å². The molecule has 0 saturated carbocycles. The number of hydrogen-bond acceptors (Lipinski definition) is 5. The average Bonchev–Trinajstić information content (AvgIpc) is 3.30. The highest BCUT2D eigenvalue weighted by Crippen LogP contribution is 2.33. The molecule has 33 heavy (non-hydrogen) atoms. The number of halogens is 1. The van der Waals surface area contributed by atoms with Crippen LogP contribution in [0.3, 0.4) is 0 Å². The zero-order valence-corrected chi connectivity index (χ0v) is 19.7. The van der Waals surface area contributed by atoms with Crippen LogP contribution >= 0.6 is 15.9 Å². The van der Waals surface area contributed by atoms with Crippen molar-refractivity contribution in [1.29, 1.82) is 0 Å². The van der Waals surface area contributed by atoms with Crippen molar-refractivity contribution in [2.24, 2.45) is 5.10 Å². The van der Waals surface area contributed by atoms with Crippen LogP contribution in [0, 0.1) is 0 Å². The predicted molar refractivity (Wildman–Crippen MR) is 129 cm³/mol. The van der Waals surface area contributed by atoms with Crippen LogP contribution in [0.15, 0.2) is 88.4 Å². The van der Waals surface area contributed by atoms with E-state index in [9.17, 15) is 9.59 Å². The number of hydrogen-bond donors (Lipinski definition) is 0. The number of esters is 1. The highest BCUT2D eigenvalue weighted by molar-refractivity contribution is 9.10. The summed E-state index contributed by atoms with van der Waals surface area (Å²) in [5, 5.41) is 6.03. The van der Waals surface area contributed by atoms with Crippen molar-refractivity contribution < 1.29 is 19.1 Å². The van der Waals surface area contributed by atoms with Crippen LogP contribution in [0.25, 0.3) is 0 Å². The number of benzene rings is 3. The standard InChI is InChI=1S/C26H23BrN2O4/c1-32-22-13-9-20(10-14-22)24-16-23(19-5-3-2-4-6-19)28-29(24)25(30)17-33-26(31)15-18-7-11-21(27)12-8-18/h2-14,24H,15-17H2,1H3. The molecule has 0 fully saturated rings. The van der Waals surface area contributed by atoms with Gasteiger partial charge in [0.2, 0.25) is 0 Å². The second-order valence-electron chi connectivity index (χ2n) is 7.61. The molecule has 0 spiro atoms. The largest absolute Gasteiger partial charge is 0.497 e. The molecule has 0 aliphatic carbocycles. The lowest BCUT2D eigenvalue weighted by molar-refractivity contribution is -0.152. The molecule has 0 radical (unpaired) electrons. The fourth-order valence-corrected chi connectivity index (χ4v) is 3.92.